The average Bonchev–Trinajstić information content (AvgIpc) is 1.97. The van der Waals surface area contributed by atoms with E-state index in [0.29, 0.717) is 0 Å². The fraction of sp³-hybridized carbons (Fsp3) is 0.917. The molecule has 0 N–H and O–H groups in total. The highest BCUT2D eigenvalue weighted by atomic mass is 28.3. The summed E-state index contributed by atoms with van der Waals surface area (Å²) < 4.78 is 0. The molecule has 0 saturated heterocycles. The zero-order chi connectivity index (χ0) is 10.6. The van der Waals surface area contributed by atoms with Crippen molar-refractivity contribution in [2.75, 3.05) is 0 Å². The first-order valence-electron chi connectivity index (χ1n) is 5.68. The lowest BCUT2D eigenvalue weighted by Crippen LogP contribution is -2.43. The third-order valence-corrected chi connectivity index (χ3v) is 11.5. The lowest BCUT2D eigenvalue weighted by Gasteiger charge is -2.43. The van der Waals surface area contributed by atoms with Gasteiger partial charge in [-0.25, -0.2) is 0 Å². The van der Waals surface area contributed by atoms with Gasteiger partial charge in [-0.3, -0.25) is 0 Å². The molecule has 0 atom stereocenters. The Hall–Kier alpha value is 0.217. The van der Waals surface area contributed by atoms with E-state index in [1.807, 2.05) is 0 Å². The lowest BCUT2D eigenvalue weighted by atomic mass is 10.5. The first-order valence-corrected chi connectivity index (χ1v) is 8.12. The van der Waals surface area contributed by atoms with E-state index in [0.717, 1.165) is 23.0 Å². The number of hydrogen-bond donors (Lipinski definition) is 0. The molecule has 0 aromatic heterocycles. The van der Waals surface area contributed by atoms with Crippen LogP contribution in [0, 0.1) is 6.92 Å². The zero-order valence-electron chi connectivity index (χ0n) is 10.4. The van der Waals surface area contributed by atoms with Crippen molar-refractivity contribution in [1.29, 1.82) is 0 Å². The van der Waals surface area contributed by atoms with Crippen molar-refractivity contribution < 1.29 is 0 Å². The molecule has 0 amide bonds. The van der Waals surface area contributed by atoms with E-state index in [-0.39, 0.29) is 0 Å². The molecule has 1 radical (unpaired) electrons. The second kappa shape index (κ2) is 5.19. The Morgan fingerprint density at radius 2 is 1.15 bits per heavy atom. The lowest BCUT2D eigenvalue weighted by molar-refractivity contribution is 0.792. The molecule has 79 valence electrons. The van der Waals surface area contributed by atoms with Gasteiger partial charge in [-0.2, -0.15) is 0 Å². The quantitative estimate of drug-likeness (QED) is 0.553. The Bertz CT molecular complexity index is 114. The Balaban J connectivity index is 4.82. The largest absolute Gasteiger partial charge is 0.0651 e. The molecule has 0 rings (SSSR count). The van der Waals surface area contributed by atoms with Crippen LogP contribution in [0.15, 0.2) is 0 Å². The summed E-state index contributed by atoms with van der Waals surface area (Å²) in [4.78, 5) is 0. The molecule has 0 spiro atoms. The molecule has 0 aliphatic rings. The van der Waals surface area contributed by atoms with Crippen LogP contribution < -0.4 is 0 Å². The maximum absolute atomic E-state index is 4.05. The first kappa shape index (κ1) is 13.2. The summed E-state index contributed by atoms with van der Waals surface area (Å²) in [6.45, 7) is 18.6. The average molecular weight is 199 g/mol. The summed E-state index contributed by atoms with van der Waals surface area (Å²) >= 11 is 0. The van der Waals surface area contributed by atoms with Gasteiger partial charge in [0, 0.05) is 0 Å². The molecule has 0 bridgehead atoms. The van der Waals surface area contributed by atoms with Crippen LogP contribution in [0.2, 0.25) is 22.7 Å². The third kappa shape index (κ3) is 2.58. The minimum atomic E-state index is -1.09. The first-order chi connectivity index (χ1) is 5.89. The molecule has 0 aliphatic heterocycles. The van der Waals surface area contributed by atoms with Crippen LogP contribution in [-0.4, -0.2) is 8.07 Å². The maximum atomic E-state index is 4.05. The van der Waals surface area contributed by atoms with Gasteiger partial charge in [0.15, 0.2) is 0 Å². The molecule has 0 aromatic carbocycles. The maximum Gasteiger partial charge on any atom is 0.0612 e. The van der Waals surface area contributed by atoms with E-state index >= 15 is 0 Å². The van der Waals surface area contributed by atoms with E-state index in [1.54, 1.807) is 0 Å². The van der Waals surface area contributed by atoms with Crippen LogP contribution >= 0.6 is 0 Å². The summed E-state index contributed by atoms with van der Waals surface area (Å²) in [5, 5.41) is 0. The normalized spacial score (nSPS) is 13.4. The molecule has 0 nitrogen and oxygen atoms in total. The smallest absolute Gasteiger partial charge is 0.0612 e. The van der Waals surface area contributed by atoms with Gasteiger partial charge in [-0.1, -0.05) is 77.6 Å². The fourth-order valence-electron chi connectivity index (χ4n) is 3.17. The molecular weight excluding hydrogens is 172 g/mol. The molecule has 0 saturated carbocycles. The fourth-order valence-corrected chi connectivity index (χ4v) is 9.52. The van der Waals surface area contributed by atoms with E-state index < -0.39 is 8.07 Å². The molecular formula is C12H27Si. The SMILES string of the molecule is [CH2]CC[Si](C(C)C)(C(C)C)C(C)C. The van der Waals surface area contributed by atoms with Crippen molar-refractivity contribution >= 4 is 8.07 Å². The molecule has 0 aliphatic carbocycles. The van der Waals surface area contributed by atoms with Crippen LogP contribution in [0.3, 0.4) is 0 Å². The summed E-state index contributed by atoms with van der Waals surface area (Å²) in [5.74, 6) is 0. The van der Waals surface area contributed by atoms with E-state index in [1.165, 1.54) is 6.04 Å². The summed E-state index contributed by atoms with van der Waals surface area (Å²) in [6.07, 6.45) is 1.13. The molecule has 0 heterocycles. The Labute approximate surface area is 86.1 Å². The van der Waals surface area contributed by atoms with Crippen LogP contribution in [0.1, 0.15) is 48.0 Å². The molecule has 0 aromatic rings. The van der Waals surface area contributed by atoms with Gasteiger partial charge < -0.3 is 0 Å². The minimum absolute atomic E-state index is 0.897. The third-order valence-electron chi connectivity index (χ3n) is 3.83. The van der Waals surface area contributed by atoms with Crippen molar-refractivity contribution in [2.45, 2.75) is 70.6 Å². The van der Waals surface area contributed by atoms with Gasteiger partial charge in [0.05, 0.1) is 8.07 Å². The Morgan fingerprint density at radius 1 is 0.846 bits per heavy atom. The van der Waals surface area contributed by atoms with Crippen molar-refractivity contribution in [3.8, 4) is 0 Å². The van der Waals surface area contributed by atoms with Gasteiger partial charge in [-0.15, -0.1) is 0 Å². The van der Waals surface area contributed by atoms with E-state index in [9.17, 15) is 0 Å². The summed E-state index contributed by atoms with van der Waals surface area (Å²) in [5.41, 5.74) is 2.69. The zero-order valence-corrected chi connectivity index (χ0v) is 11.4. The second-order valence-electron chi connectivity index (χ2n) is 5.18. The summed E-state index contributed by atoms with van der Waals surface area (Å²) in [6, 6.07) is 1.40. The van der Waals surface area contributed by atoms with Gasteiger partial charge in [-0.05, 0) is 0 Å². The van der Waals surface area contributed by atoms with Gasteiger partial charge in [0.25, 0.3) is 0 Å². The predicted molar refractivity (Wildman–Crippen MR) is 65.8 cm³/mol. The Morgan fingerprint density at radius 3 is 1.23 bits per heavy atom. The van der Waals surface area contributed by atoms with E-state index in [2.05, 4.69) is 48.5 Å². The van der Waals surface area contributed by atoms with E-state index in [4.69, 9.17) is 0 Å². The van der Waals surface area contributed by atoms with Crippen LogP contribution in [-0.2, 0) is 0 Å². The molecule has 0 fully saturated rings. The Kier molecular flexibility index (Phi) is 5.27. The molecule has 0 unspecified atom stereocenters. The standard InChI is InChI=1S/C12H27Si/c1-8-9-13(10(2)3,11(4)5)12(6)7/h10-12H,1,8-9H2,2-7H3. The molecule has 1 heteroatoms. The highest BCUT2D eigenvalue weighted by Gasteiger charge is 2.41. The van der Waals surface area contributed by atoms with Crippen molar-refractivity contribution in [3.05, 3.63) is 6.92 Å². The summed E-state index contributed by atoms with van der Waals surface area (Å²) in [7, 11) is -1.09. The topological polar surface area (TPSA) is 0 Å². The molecule has 13 heavy (non-hydrogen) atoms. The minimum Gasteiger partial charge on any atom is -0.0651 e. The highest BCUT2D eigenvalue weighted by molar-refractivity contribution is 6.83. The van der Waals surface area contributed by atoms with Gasteiger partial charge in [0.2, 0.25) is 0 Å². The van der Waals surface area contributed by atoms with Crippen molar-refractivity contribution in [2.24, 2.45) is 0 Å². The number of hydrogen-bond acceptors (Lipinski definition) is 0. The highest BCUT2D eigenvalue weighted by Crippen LogP contribution is 2.44. The van der Waals surface area contributed by atoms with Crippen molar-refractivity contribution in [3.63, 3.8) is 0 Å². The van der Waals surface area contributed by atoms with Crippen molar-refractivity contribution in [1.82, 2.24) is 0 Å². The van der Waals surface area contributed by atoms with Crippen LogP contribution in [0.5, 0.6) is 0 Å². The number of rotatable bonds is 5. The second-order valence-corrected chi connectivity index (χ2v) is 11.4. The van der Waals surface area contributed by atoms with Gasteiger partial charge in [0.1, 0.15) is 0 Å². The van der Waals surface area contributed by atoms with Crippen LogP contribution in [0.25, 0.3) is 0 Å². The predicted octanol–water partition coefficient (Wildman–Crippen LogP) is 4.89. The van der Waals surface area contributed by atoms with Crippen LogP contribution in [0.4, 0.5) is 0 Å². The van der Waals surface area contributed by atoms with Gasteiger partial charge >= 0.3 is 0 Å². The monoisotopic (exact) mass is 199 g/mol.